The Hall–Kier alpha value is -1.46. The summed E-state index contributed by atoms with van der Waals surface area (Å²) in [5.74, 6) is -0.697. The second-order valence-electron chi connectivity index (χ2n) is 5.37. The summed E-state index contributed by atoms with van der Waals surface area (Å²) in [5, 5.41) is 3.37. The number of nitrogens with one attached hydrogen (secondary N) is 1. The quantitative estimate of drug-likeness (QED) is 0.851. The number of methoxy groups -OCH3 is 1. The lowest BCUT2D eigenvalue weighted by Gasteiger charge is -2.26. The molecule has 2 aliphatic heterocycles. The largest absolute Gasteiger partial charge is 0.469 e. The van der Waals surface area contributed by atoms with Crippen LogP contribution in [0, 0.1) is 11.7 Å². The fraction of sp³-hybridized carbons (Fsp3) is 0.533. The van der Waals surface area contributed by atoms with E-state index in [0.29, 0.717) is 6.54 Å². The second kappa shape index (κ2) is 5.50. The molecule has 1 aromatic carbocycles. The zero-order valence-corrected chi connectivity index (χ0v) is 11.3. The summed E-state index contributed by atoms with van der Waals surface area (Å²) >= 11 is 0. The van der Waals surface area contributed by atoms with E-state index < -0.39 is 0 Å². The molecule has 2 fully saturated rings. The van der Waals surface area contributed by atoms with Crippen LogP contribution in [-0.2, 0) is 20.8 Å². The van der Waals surface area contributed by atoms with Crippen LogP contribution in [0.1, 0.15) is 18.4 Å². The minimum atomic E-state index is -0.246. The molecule has 1 aromatic rings. The molecule has 3 rings (SSSR count). The lowest BCUT2D eigenvalue weighted by atomic mass is 9.84. The third-order valence-electron chi connectivity index (χ3n) is 4.20. The first kappa shape index (κ1) is 13.5. The van der Waals surface area contributed by atoms with Gasteiger partial charge in [-0.1, -0.05) is 12.1 Å². The van der Waals surface area contributed by atoms with E-state index in [9.17, 15) is 9.18 Å². The number of ether oxygens (including phenoxy) is 2. The minimum absolute atomic E-state index is 0.0220. The molecule has 0 aliphatic carbocycles. The van der Waals surface area contributed by atoms with Crippen molar-refractivity contribution >= 4 is 5.97 Å². The maximum absolute atomic E-state index is 12.9. The number of carbonyl (C=O) groups excluding carboxylic acids is 1. The van der Waals surface area contributed by atoms with Gasteiger partial charge in [0.05, 0.1) is 19.3 Å². The summed E-state index contributed by atoms with van der Waals surface area (Å²) in [7, 11) is 1.41. The number of halogens is 1. The summed E-state index contributed by atoms with van der Waals surface area (Å²) in [5.41, 5.74) is 0.984. The molecule has 0 spiro atoms. The summed E-state index contributed by atoms with van der Waals surface area (Å²) in [6, 6.07) is 6.33. The van der Waals surface area contributed by atoms with Crippen molar-refractivity contribution < 1.29 is 18.7 Å². The minimum Gasteiger partial charge on any atom is -0.469 e. The molecule has 2 heterocycles. The van der Waals surface area contributed by atoms with Crippen LogP contribution in [0.4, 0.5) is 4.39 Å². The van der Waals surface area contributed by atoms with Gasteiger partial charge >= 0.3 is 5.97 Å². The van der Waals surface area contributed by atoms with Gasteiger partial charge in [-0.05, 0) is 30.5 Å². The third kappa shape index (κ3) is 2.43. The molecule has 2 bridgehead atoms. The lowest BCUT2D eigenvalue weighted by Crippen LogP contribution is -2.47. The van der Waals surface area contributed by atoms with Gasteiger partial charge in [0.1, 0.15) is 11.7 Å². The summed E-state index contributed by atoms with van der Waals surface area (Å²) in [6.07, 6.45) is 1.93. The van der Waals surface area contributed by atoms with E-state index in [1.54, 1.807) is 12.1 Å². The fourth-order valence-electron chi connectivity index (χ4n) is 3.21. The van der Waals surface area contributed by atoms with Gasteiger partial charge in [-0.15, -0.1) is 0 Å². The number of fused-ring (bicyclic) bond motifs is 2. The molecule has 2 unspecified atom stereocenters. The predicted octanol–water partition coefficient (Wildman–Crippen LogP) is 1.63. The van der Waals surface area contributed by atoms with E-state index in [-0.39, 0.29) is 36.0 Å². The Morgan fingerprint density at radius 1 is 1.35 bits per heavy atom. The number of carbonyl (C=O) groups is 1. The molecular weight excluding hydrogens is 261 g/mol. The number of hydrogen-bond acceptors (Lipinski definition) is 4. The molecule has 0 aromatic heterocycles. The monoisotopic (exact) mass is 279 g/mol. The van der Waals surface area contributed by atoms with Gasteiger partial charge in [-0.3, -0.25) is 4.79 Å². The van der Waals surface area contributed by atoms with Crippen LogP contribution in [0.15, 0.2) is 24.3 Å². The van der Waals surface area contributed by atoms with E-state index in [4.69, 9.17) is 9.47 Å². The molecule has 0 amide bonds. The average molecular weight is 279 g/mol. The fourth-order valence-corrected chi connectivity index (χ4v) is 3.21. The number of esters is 1. The van der Waals surface area contributed by atoms with Crippen molar-refractivity contribution in [1.29, 1.82) is 0 Å². The standard InChI is InChI=1S/C15H18FNO3/c1-19-15(18)13-11-6-7-12(20-11)14(13)17-8-9-2-4-10(16)5-3-9/h2-5,11-14,17H,6-8H2,1H3/t11-,12+,13?,14?/m0/s1. The highest BCUT2D eigenvalue weighted by Crippen LogP contribution is 2.39. The number of benzene rings is 1. The van der Waals surface area contributed by atoms with Crippen molar-refractivity contribution in [3.63, 3.8) is 0 Å². The Bertz CT molecular complexity index is 490. The molecule has 0 radical (unpaired) electrons. The van der Waals surface area contributed by atoms with Crippen molar-refractivity contribution in [2.24, 2.45) is 5.92 Å². The highest BCUT2D eigenvalue weighted by Gasteiger charge is 2.52. The van der Waals surface area contributed by atoms with E-state index in [0.717, 1.165) is 18.4 Å². The van der Waals surface area contributed by atoms with Crippen LogP contribution in [0.2, 0.25) is 0 Å². The molecule has 4 nitrogen and oxygen atoms in total. The van der Waals surface area contributed by atoms with Gasteiger partial charge in [-0.25, -0.2) is 4.39 Å². The van der Waals surface area contributed by atoms with Crippen LogP contribution in [0.5, 0.6) is 0 Å². The highest BCUT2D eigenvalue weighted by atomic mass is 19.1. The van der Waals surface area contributed by atoms with E-state index in [2.05, 4.69) is 5.32 Å². The lowest BCUT2D eigenvalue weighted by molar-refractivity contribution is -0.147. The van der Waals surface area contributed by atoms with Gasteiger partial charge in [0.15, 0.2) is 0 Å². The second-order valence-corrected chi connectivity index (χ2v) is 5.37. The zero-order chi connectivity index (χ0) is 14.1. The molecule has 0 saturated carbocycles. The summed E-state index contributed by atoms with van der Waals surface area (Å²) in [6.45, 7) is 0.588. The van der Waals surface area contributed by atoms with Crippen LogP contribution < -0.4 is 5.32 Å². The molecule has 5 heteroatoms. The van der Waals surface area contributed by atoms with Gasteiger partial charge in [-0.2, -0.15) is 0 Å². The predicted molar refractivity (Wildman–Crippen MR) is 70.4 cm³/mol. The van der Waals surface area contributed by atoms with Crippen molar-refractivity contribution in [1.82, 2.24) is 5.32 Å². The smallest absolute Gasteiger partial charge is 0.313 e. The Labute approximate surface area is 117 Å². The Morgan fingerprint density at radius 3 is 2.75 bits per heavy atom. The number of hydrogen-bond donors (Lipinski definition) is 1. The topological polar surface area (TPSA) is 47.6 Å². The Kier molecular flexibility index (Phi) is 3.72. The normalized spacial score (nSPS) is 31.5. The zero-order valence-electron chi connectivity index (χ0n) is 11.3. The van der Waals surface area contributed by atoms with Crippen molar-refractivity contribution in [3.8, 4) is 0 Å². The first-order valence-electron chi connectivity index (χ1n) is 6.90. The molecular formula is C15H18FNO3. The first-order valence-corrected chi connectivity index (χ1v) is 6.90. The summed E-state index contributed by atoms with van der Waals surface area (Å²) < 4.78 is 23.5. The van der Waals surface area contributed by atoms with E-state index in [1.807, 2.05) is 0 Å². The molecule has 1 N–H and O–H groups in total. The molecule has 4 atom stereocenters. The van der Waals surface area contributed by atoms with Crippen LogP contribution in [0.25, 0.3) is 0 Å². The van der Waals surface area contributed by atoms with Gasteiger partial charge in [0, 0.05) is 12.6 Å². The van der Waals surface area contributed by atoms with Crippen LogP contribution in [-0.4, -0.2) is 31.3 Å². The average Bonchev–Trinajstić information content (AvgIpc) is 3.06. The first-order chi connectivity index (χ1) is 9.69. The van der Waals surface area contributed by atoms with Crippen LogP contribution >= 0.6 is 0 Å². The highest BCUT2D eigenvalue weighted by molar-refractivity contribution is 5.74. The SMILES string of the molecule is COC(=O)C1C(NCc2ccc(F)cc2)[C@H]2CC[C@@H]1O2. The maximum Gasteiger partial charge on any atom is 0.313 e. The van der Waals surface area contributed by atoms with Gasteiger partial charge in [0.25, 0.3) is 0 Å². The molecule has 108 valence electrons. The summed E-state index contributed by atoms with van der Waals surface area (Å²) in [4.78, 5) is 11.9. The Morgan fingerprint density at radius 2 is 2.05 bits per heavy atom. The Balaban J connectivity index is 1.66. The number of rotatable bonds is 4. The van der Waals surface area contributed by atoms with E-state index >= 15 is 0 Å². The third-order valence-corrected chi connectivity index (χ3v) is 4.20. The molecule has 20 heavy (non-hydrogen) atoms. The van der Waals surface area contributed by atoms with Crippen molar-refractivity contribution in [3.05, 3.63) is 35.6 Å². The van der Waals surface area contributed by atoms with E-state index in [1.165, 1.54) is 19.2 Å². The van der Waals surface area contributed by atoms with Gasteiger partial charge < -0.3 is 14.8 Å². The van der Waals surface area contributed by atoms with Crippen molar-refractivity contribution in [2.75, 3.05) is 7.11 Å². The van der Waals surface area contributed by atoms with Crippen molar-refractivity contribution in [2.45, 2.75) is 37.6 Å². The maximum atomic E-state index is 12.9. The van der Waals surface area contributed by atoms with Gasteiger partial charge in [0.2, 0.25) is 0 Å². The van der Waals surface area contributed by atoms with Crippen LogP contribution in [0.3, 0.4) is 0 Å². The molecule has 2 saturated heterocycles. The molecule has 2 aliphatic rings.